The van der Waals surface area contributed by atoms with Crippen molar-refractivity contribution in [3.05, 3.63) is 90.0 Å². The molecule has 0 aromatic heterocycles. The molecule has 4 rings (SSSR count). The molecule has 1 atom stereocenters. The van der Waals surface area contributed by atoms with Crippen LogP contribution in [0.3, 0.4) is 0 Å². The summed E-state index contributed by atoms with van der Waals surface area (Å²) in [5.74, 6) is -0.366. The molecule has 0 aliphatic carbocycles. The Hall–Kier alpha value is -3.49. The fourth-order valence-corrected chi connectivity index (χ4v) is 5.73. The second-order valence-corrected chi connectivity index (χ2v) is 10.3. The van der Waals surface area contributed by atoms with Crippen molar-refractivity contribution in [3.8, 4) is 5.75 Å². The minimum Gasteiger partial charge on any atom is -0.494 e. The van der Waals surface area contributed by atoms with Gasteiger partial charge >= 0.3 is 0 Å². The van der Waals surface area contributed by atoms with Gasteiger partial charge in [0.05, 0.1) is 23.6 Å². The summed E-state index contributed by atoms with van der Waals surface area (Å²) in [6.07, 6.45) is 0.193. The van der Waals surface area contributed by atoms with E-state index in [1.807, 2.05) is 44.2 Å². The summed E-state index contributed by atoms with van der Waals surface area (Å²) in [7, 11) is -4.03. The average Bonchev–Trinajstić information content (AvgIpc) is 3.14. The summed E-state index contributed by atoms with van der Waals surface area (Å²) in [6.45, 7) is 4.30. The van der Waals surface area contributed by atoms with Crippen molar-refractivity contribution in [2.24, 2.45) is 0 Å². The molecule has 1 fully saturated rings. The minimum atomic E-state index is -4.03. The first-order valence-corrected chi connectivity index (χ1v) is 13.0. The molecule has 3 aromatic carbocycles. The summed E-state index contributed by atoms with van der Waals surface area (Å²) in [5.41, 5.74) is 2.26. The van der Waals surface area contributed by atoms with Crippen molar-refractivity contribution < 1.29 is 22.7 Å². The molecule has 0 bridgehead atoms. The Labute approximate surface area is 206 Å². The molecule has 0 N–H and O–H groups in total. The topological polar surface area (TPSA) is 84.0 Å². The van der Waals surface area contributed by atoms with Crippen molar-refractivity contribution >= 4 is 27.5 Å². The fourth-order valence-electron chi connectivity index (χ4n) is 4.14. The molecule has 182 valence electrons. The molecule has 1 saturated heterocycles. The highest BCUT2D eigenvalue weighted by Crippen LogP contribution is 2.30. The lowest BCUT2D eigenvalue weighted by molar-refractivity contribution is -0.122. The first-order valence-electron chi connectivity index (χ1n) is 11.5. The normalized spacial score (nSPS) is 16.2. The summed E-state index contributed by atoms with van der Waals surface area (Å²) < 4.78 is 34.0. The number of carbonyl (C=O) groups excluding carboxylic acids is 2. The number of ether oxygens (including phenoxy) is 1. The van der Waals surface area contributed by atoms with Gasteiger partial charge in [-0.15, -0.1) is 0 Å². The average molecular weight is 493 g/mol. The van der Waals surface area contributed by atoms with Crippen molar-refractivity contribution in [3.63, 3.8) is 0 Å². The van der Waals surface area contributed by atoms with Crippen LogP contribution in [0, 0.1) is 6.92 Å². The molecule has 1 heterocycles. The molecule has 2 amide bonds. The van der Waals surface area contributed by atoms with Crippen LogP contribution < -0.4 is 9.64 Å². The van der Waals surface area contributed by atoms with Crippen molar-refractivity contribution in [1.29, 1.82) is 0 Å². The van der Waals surface area contributed by atoms with Crippen LogP contribution in [-0.4, -0.2) is 43.7 Å². The zero-order chi connectivity index (χ0) is 25.0. The Balaban J connectivity index is 1.66. The summed E-state index contributed by atoms with van der Waals surface area (Å²) in [6, 6.07) is 21.5. The Morgan fingerprint density at radius 3 is 2.23 bits per heavy atom. The molecule has 0 saturated carbocycles. The van der Waals surface area contributed by atoms with Gasteiger partial charge in [0.2, 0.25) is 15.9 Å². The van der Waals surface area contributed by atoms with E-state index in [2.05, 4.69) is 0 Å². The van der Waals surface area contributed by atoms with Gasteiger partial charge in [-0.25, -0.2) is 13.3 Å². The highest BCUT2D eigenvalue weighted by Gasteiger charge is 2.46. The quantitative estimate of drug-likeness (QED) is 0.422. The number of aryl methyl sites for hydroxylation is 1. The minimum absolute atomic E-state index is 0.0705. The van der Waals surface area contributed by atoms with E-state index in [0.717, 1.165) is 16.0 Å². The highest BCUT2D eigenvalue weighted by molar-refractivity contribution is 7.89. The Morgan fingerprint density at radius 2 is 1.60 bits per heavy atom. The van der Waals surface area contributed by atoms with Crippen molar-refractivity contribution in [2.75, 3.05) is 18.1 Å². The lowest BCUT2D eigenvalue weighted by Crippen LogP contribution is -2.46. The number of anilines is 1. The van der Waals surface area contributed by atoms with E-state index in [0.29, 0.717) is 24.5 Å². The highest BCUT2D eigenvalue weighted by atomic mass is 32.2. The van der Waals surface area contributed by atoms with Gasteiger partial charge < -0.3 is 4.74 Å². The maximum atomic E-state index is 13.7. The van der Waals surface area contributed by atoms with Crippen LogP contribution in [0.25, 0.3) is 0 Å². The molecular weight excluding hydrogens is 464 g/mol. The zero-order valence-electron chi connectivity index (χ0n) is 19.8. The second kappa shape index (κ2) is 10.4. The molecule has 0 spiro atoms. The number of amides is 2. The molecule has 1 aliphatic rings. The lowest BCUT2D eigenvalue weighted by Gasteiger charge is -2.27. The monoisotopic (exact) mass is 492 g/mol. The molecule has 7 nitrogen and oxygen atoms in total. The number of rotatable bonds is 9. The SMILES string of the molecule is CCOc1ccc(N2C(=O)CC(N(CCc3ccccc3)S(=O)(=O)c3ccc(C)cc3)C2=O)cc1. The summed E-state index contributed by atoms with van der Waals surface area (Å²) in [5, 5.41) is 0. The van der Waals surface area contributed by atoms with Gasteiger partial charge in [-0.3, -0.25) is 9.59 Å². The number of imide groups is 1. The van der Waals surface area contributed by atoms with Crippen molar-refractivity contribution in [1.82, 2.24) is 4.31 Å². The van der Waals surface area contributed by atoms with Crippen LogP contribution in [0.15, 0.2) is 83.8 Å². The maximum Gasteiger partial charge on any atom is 0.252 e. The van der Waals surface area contributed by atoms with Crippen LogP contribution >= 0.6 is 0 Å². The van der Waals surface area contributed by atoms with E-state index in [4.69, 9.17) is 4.74 Å². The Bertz CT molecular complexity index is 1290. The van der Waals surface area contributed by atoms with Crippen LogP contribution in [0.4, 0.5) is 5.69 Å². The van der Waals surface area contributed by atoms with Gasteiger partial charge in [0.15, 0.2) is 0 Å². The van der Waals surface area contributed by atoms with Gasteiger partial charge in [-0.05, 0) is 62.2 Å². The van der Waals surface area contributed by atoms with E-state index >= 15 is 0 Å². The van der Waals surface area contributed by atoms with Crippen LogP contribution in [0.2, 0.25) is 0 Å². The van der Waals surface area contributed by atoms with Crippen LogP contribution in [0.1, 0.15) is 24.5 Å². The number of carbonyl (C=O) groups is 2. The van der Waals surface area contributed by atoms with Crippen LogP contribution in [-0.2, 0) is 26.0 Å². The van der Waals surface area contributed by atoms with Crippen LogP contribution in [0.5, 0.6) is 5.75 Å². The molecular formula is C27H28N2O5S. The van der Waals surface area contributed by atoms with Gasteiger partial charge in [0, 0.05) is 6.54 Å². The van der Waals surface area contributed by atoms with E-state index in [-0.39, 0.29) is 17.9 Å². The lowest BCUT2D eigenvalue weighted by atomic mass is 10.1. The smallest absolute Gasteiger partial charge is 0.252 e. The molecule has 1 unspecified atom stereocenters. The third kappa shape index (κ3) is 5.28. The molecule has 8 heteroatoms. The van der Waals surface area contributed by atoms with E-state index < -0.39 is 27.9 Å². The fraction of sp³-hybridized carbons (Fsp3) is 0.259. The predicted molar refractivity (Wildman–Crippen MR) is 134 cm³/mol. The third-order valence-electron chi connectivity index (χ3n) is 5.97. The number of nitrogens with zero attached hydrogens (tertiary/aromatic N) is 2. The van der Waals surface area contributed by atoms with Gasteiger partial charge in [0.25, 0.3) is 5.91 Å². The molecule has 35 heavy (non-hydrogen) atoms. The summed E-state index contributed by atoms with van der Waals surface area (Å²) in [4.78, 5) is 27.6. The number of hydrogen-bond donors (Lipinski definition) is 0. The summed E-state index contributed by atoms with van der Waals surface area (Å²) >= 11 is 0. The van der Waals surface area contributed by atoms with E-state index in [1.165, 1.54) is 16.4 Å². The zero-order valence-corrected chi connectivity index (χ0v) is 20.6. The van der Waals surface area contributed by atoms with Gasteiger partial charge in [0.1, 0.15) is 11.8 Å². The van der Waals surface area contributed by atoms with E-state index in [1.54, 1.807) is 36.4 Å². The van der Waals surface area contributed by atoms with Crippen molar-refractivity contribution in [2.45, 2.75) is 37.6 Å². The van der Waals surface area contributed by atoms with E-state index in [9.17, 15) is 18.0 Å². The Morgan fingerprint density at radius 1 is 0.943 bits per heavy atom. The maximum absolute atomic E-state index is 13.7. The largest absolute Gasteiger partial charge is 0.494 e. The first-order chi connectivity index (χ1) is 16.8. The van der Waals surface area contributed by atoms with Gasteiger partial charge in [-0.1, -0.05) is 48.0 Å². The third-order valence-corrected chi connectivity index (χ3v) is 7.89. The van der Waals surface area contributed by atoms with Gasteiger partial charge in [-0.2, -0.15) is 4.31 Å². The predicted octanol–water partition coefficient (Wildman–Crippen LogP) is 3.96. The number of sulfonamides is 1. The molecule has 3 aromatic rings. The molecule has 1 aliphatic heterocycles. The second-order valence-electron chi connectivity index (χ2n) is 8.38. The standard InChI is InChI=1S/C27H28N2O5S/c1-3-34-23-13-11-22(12-14-23)29-26(30)19-25(27(29)31)28(18-17-21-7-5-4-6-8-21)35(32,33)24-15-9-20(2)10-16-24/h4-16,25H,3,17-19H2,1-2H3. The molecule has 0 radical (unpaired) electrons. The first kappa shape index (κ1) is 24.6. The number of benzene rings is 3. The number of hydrogen-bond acceptors (Lipinski definition) is 5. The Kier molecular flexibility index (Phi) is 7.33.